The molecule has 1 aromatic rings. The number of nitrogens with one attached hydrogen (secondary N) is 2. The Morgan fingerprint density at radius 3 is 2.85 bits per heavy atom. The van der Waals surface area contributed by atoms with E-state index in [1.54, 1.807) is 26.1 Å². The second-order valence-corrected chi connectivity index (χ2v) is 7.06. The fraction of sp³-hybridized carbons (Fsp3) is 0.600. The van der Waals surface area contributed by atoms with Crippen LogP contribution in [0.5, 0.6) is 0 Å². The number of nitrogens with zero attached hydrogens (tertiary/aromatic N) is 2. The number of likely N-dealkylation sites (tertiary alicyclic amines) is 1. The van der Waals surface area contributed by atoms with Crippen LogP contribution in [0, 0.1) is 12.7 Å². The quantitative estimate of drug-likeness (QED) is 0.625. The fourth-order valence-electron chi connectivity index (χ4n) is 3.26. The van der Waals surface area contributed by atoms with Gasteiger partial charge in [0.15, 0.2) is 5.96 Å². The predicted octanol–water partition coefficient (Wildman–Crippen LogP) is 3.15. The molecule has 2 unspecified atom stereocenters. The van der Waals surface area contributed by atoms with Crippen molar-refractivity contribution in [3.05, 3.63) is 35.1 Å². The molecular weight excluding hydrogens is 331 g/mol. The summed E-state index contributed by atoms with van der Waals surface area (Å²) in [6, 6.07) is 5.48. The Bertz CT molecular complexity index is 647. The average Bonchev–Trinajstić information content (AvgIpc) is 2.63. The van der Waals surface area contributed by atoms with E-state index >= 15 is 0 Å². The average molecular weight is 362 g/mol. The largest absolute Gasteiger partial charge is 0.356 e. The summed E-state index contributed by atoms with van der Waals surface area (Å²) in [5.74, 6) is 0.590. The number of halogens is 1. The van der Waals surface area contributed by atoms with E-state index in [9.17, 15) is 9.18 Å². The Morgan fingerprint density at radius 2 is 2.19 bits per heavy atom. The molecule has 0 spiro atoms. The van der Waals surface area contributed by atoms with Gasteiger partial charge in [-0.2, -0.15) is 0 Å². The maximum atomic E-state index is 13.7. The zero-order valence-electron chi connectivity index (χ0n) is 16.3. The lowest BCUT2D eigenvalue weighted by Gasteiger charge is -2.33. The number of amides is 1. The van der Waals surface area contributed by atoms with Gasteiger partial charge >= 0.3 is 0 Å². The van der Waals surface area contributed by atoms with Gasteiger partial charge in [-0.1, -0.05) is 12.1 Å². The van der Waals surface area contributed by atoms with Crippen molar-refractivity contribution in [3.63, 3.8) is 0 Å². The molecular formula is C20H31FN4O. The van der Waals surface area contributed by atoms with Crippen LogP contribution in [0.2, 0.25) is 0 Å². The zero-order valence-corrected chi connectivity index (χ0v) is 16.3. The van der Waals surface area contributed by atoms with E-state index in [2.05, 4.69) is 22.5 Å². The SMILES string of the molecule is CN=C(NCCC(=O)N1CCCCC1C)NC(C)c1ccc(C)c(F)c1. The van der Waals surface area contributed by atoms with Crippen LogP contribution in [0.3, 0.4) is 0 Å². The number of aliphatic imine (C=N–C) groups is 1. The van der Waals surface area contributed by atoms with Crippen molar-refractivity contribution >= 4 is 11.9 Å². The zero-order chi connectivity index (χ0) is 19.1. The fourth-order valence-corrected chi connectivity index (χ4v) is 3.26. The molecule has 144 valence electrons. The molecule has 1 aliphatic rings. The van der Waals surface area contributed by atoms with E-state index in [1.165, 1.54) is 6.42 Å². The van der Waals surface area contributed by atoms with Crippen LogP contribution in [-0.2, 0) is 4.79 Å². The summed E-state index contributed by atoms with van der Waals surface area (Å²) in [6.07, 6.45) is 3.83. The number of carbonyl (C=O) groups excluding carboxylic acids is 1. The van der Waals surface area contributed by atoms with Gasteiger partial charge in [-0.15, -0.1) is 0 Å². The minimum atomic E-state index is -0.208. The standard InChI is InChI=1S/C20H31FN4O/c1-14-8-9-17(13-18(14)21)16(3)24-20(22-4)23-11-10-19(26)25-12-6-5-7-15(25)2/h8-9,13,15-16H,5-7,10-12H2,1-4H3,(H2,22,23,24). The molecule has 1 aliphatic heterocycles. The molecule has 1 saturated heterocycles. The first kappa shape index (κ1) is 20.2. The predicted molar refractivity (Wildman–Crippen MR) is 104 cm³/mol. The minimum Gasteiger partial charge on any atom is -0.356 e. The van der Waals surface area contributed by atoms with Crippen LogP contribution >= 0.6 is 0 Å². The molecule has 5 nitrogen and oxygen atoms in total. The van der Waals surface area contributed by atoms with Gasteiger partial charge in [-0.3, -0.25) is 9.79 Å². The highest BCUT2D eigenvalue weighted by Crippen LogP contribution is 2.17. The highest BCUT2D eigenvalue weighted by atomic mass is 19.1. The monoisotopic (exact) mass is 362 g/mol. The molecule has 2 N–H and O–H groups in total. The summed E-state index contributed by atoms with van der Waals surface area (Å²) in [5.41, 5.74) is 1.49. The van der Waals surface area contributed by atoms with Gasteiger partial charge in [-0.05, 0) is 57.2 Å². The van der Waals surface area contributed by atoms with Crippen molar-refractivity contribution in [2.24, 2.45) is 4.99 Å². The Kier molecular flexibility index (Phi) is 7.42. The van der Waals surface area contributed by atoms with Crippen LogP contribution in [0.15, 0.2) is 23.2 Å². The van der Waals surface area contributed by atoms with Gasteiger partial charge in [0, 0.05) is 32.6 Å². The van der Waals surface area contributed by atoms with Crippen LogP contribution in [0.25, 0.3) is 0 Å². The van der Waals surface area contributed by atoms with Gasteiger partial charge in [0.05, 0.1) is 6.04 Å². The van der Waals surface area contributed by atoms with E-state index in [0.717, 1.165) is 24.9 Å². The smallest absolute Gasteiger partial charge is 0.224 e. The van der Waals surface area contributed by atoms with Gasteiger partial charge in [0.25, 0.3) is 0 Å². The summed E-state index contributed by atoms with van der Waals surface area (Å²) >= 11 is 0. The van der Waals surface area contributed by atoms with Crippen molar-refractivity contribution in [3.8, 4) is 0 Å². The van der Waals surface area contributed by atoms with E-state index in [0.29, 0.717) is 30.5 Å². The van der Waals surface area contributed by atoms with E-state index in [-0.39, 0.29) is 17.8 Å². The summed E-state index contributed by atoms with van der Waals surface area (Å²) < 4.78 is 13.7. The van der Waals surface area contributed by atoms with E-state index < -0.39 is 0 Å². The van der Waals surface area contributed by atoms with Gasteiger partial charge in [-0.25, -0.2) is 4.39 Å². The number of aryl methyl sites for hydroxylation is 1. The third-order valence-electron chi connectivity index (χ3n) is 5.03. The molecule has 0 radical (unpaired) electrons. The summed E-state index contributed by atoms with van der Waals surface area (Å²) in [6.45, 7) is 7.21. The molecule has 1 aromatic carbocycles. The van der Waals surface area contributed by atoms with Crippen molar-refractivity contribution in [1.82, 2.24) is 15.5 Å². The Labute approximate surface area is 156 Å². The number of carbonyl (C=O) groups is 1. The molecule has 2 rings (SSSR count). The molecule has 1 amide bonds. The van der Waals surface area contributed by atoms with Crippen LogP contribution < -0.4 is 10.6 Å². The third-order valence-corrected chi connectivity index (χ3v) is 5.03. The maximum Gasteiger partial charge on any atom is 0.224 e. The van der Waals surface area contributed by atoms with Crippen molar-refractivity contribution in [1.29, 1.82) is 0 Å². The maximum absolute atomic E-state index is 13.7. The lowest BCUT2D eigenvalue weighted by Crippen LogP contribution is -2.44. The normalized spacial score (nSPS) is 19.2. The lowest BCUT2D eigenvalue weighted by atomic mass is 10.0. The summed E-state index contributed by atoms with van der Waals surface area (Å²) in [7, 11) is 1.69. The lowest BCUT2D eigenvalue weighted by molar-refractivity contribution is -0.134. The Morgan fingerprint density at radius 1 is 1.42 bits per heavy atom. The summed E-state index contributed by atoms with van der Waals surface area (Å²) in [4.78, 5) is 18.6. The topological polar surface area (TPSA) is 56.7 Å². The highest BCUT2D eigenvalue weighted by Gasteiger charge is 2.22. The first-order valence-corrected chi connectivity index (χ1v) is 9.45. The van der Waals surface area contributed by atoms with Gasteiger partial charge in [0.1, 0.15) is 5.82 Å². The number of hydrogen-bond donors (Lipinski definition) is 2. The molecule has 1 heterocycles. The minimum absolute atomic E-state index is 0.0888. The van der Waals surface area contributed by atoms with Gasteiger partial charge < -0.3 is 15.5 Å². The van der Waals surface area contributed by atoms with E-state index in [4.69, 9.17) is 0 Å². The Balaban J connectivity index is 1.81. The van der Waals surface area contributed by atoms with Crippen LogP contribution in [-0.4, -0.2) is 42.9 Å². The van der Waals surface area contributed by atoms with Crippen molar-refractivity contribution in [2.45, 2.75) is 58.5 Å². The van der Waals surface area contributed by atoms with Crippen molar-refractivity contribution < 1.29 is 9.18 Å². The van der Waals surface area contributed by atoms with Crippen LogP contribution in [0.1, 0.15) is 56.7 Å². The molecule has 6 heteroatoms. The van der Waals surface area contributed by atoms with E-state index in [1.807, 2.05) is 17.9 Å². The first-order chi connectivity index (χ1) is 12.4. The third kappa shape index (κ3) is 5.44. The molecule has 0 aromatic heterocycles. The molecule has 26 heavy (non-hydrogen) atoms. The number of rotatable bonds is 5. The molecule has 2 atom stereocenters. The van der Waals surface area contributed by atoms with Crippen LogP contribution in [0.4, 0.5) is 4.39 Å². The van der Waals surface area contributed by atoms with Crippen molar-refractivity contribution in [2.75, 3.05) is 20.1 Å². The van der Waals surface area contributed by atoms with Gasteiger partial charge in [0.2, 0.25) is 5.91 Å². The second-order valence-electron chi connectivity index (χ2n) is 7.06. The molecule has 0 aliphatic carbocycles. The molecule has 0 bridgehead atoms. The number of guanidine groups is 1. The number of benzene rings is 1. The number of piperidine rings is 1. The highest BCUT2D eigenvalue weighted by molar-refractivity contribution is 5.81. The Hall–Kier alpha value is -2.11. The molecule has 0 saturated carbocycles. The number of hydrogen-bond acceptors (Lipinski definition) is 2. The second kappa shape index (κ2) is 9.55. The summed E-state index contributed by atoms with van der Waals surface area (Å²) in [5, 5.41) is 6.42. The first-order valence-electron chi connectivity index (χ1n) is 9.45. The molecule has 1 fully saturated rings.